The van der Waals surface area contributed by atoms with Crippen LogP contribution in [0.5, 0.6) is 0 Å². The van der Waals surface area contributed by atoms with Gasteiger partial charge in [0.1, 0.15) is 11.6 Å². The van der Waals surface area contributed by atoms with Gasteiger partial charge in [-0.15, -0.1) is 10.2 Å². The quantitative estimate of drug-likeness (QED) is 0.783. The van der Waals surface area contributed by atoms with E-state index in [4.69, 9.17) is 0 Å². The first kappa shape index (κ1) is 14.3. The molecule has 1 aromatic heterocycles. The Bertz CT molecular complexity index is 546. The molecule has 0 aliphatic rings. The Morgan fingerprint density at radius 2 is 1.89 bits per heavy atom. The summed E-state index contributed by atoms with van der Waals surface area (Å²) in [6.45, 7) is 6.47. The highest BCUT2D eigenvalue weighted by atomic mass is 79.9. The van der Waals surface area contributed by atoms with Crippen molar-refractivity contribution in [3.63, 3.8) is 0 Å². The predicted molar refractivity (Wildman–Crippen MR) is 81.6 cm³/mol. The van der Waals surface area contributed by atoms with Gasteiger partial charge in [-0.3, -0.25) is 0 Å². The van der Waals surface area contributed by atoms with E-state index in [0.29, 0.717) is 6.04 Å². The minimum atomic E-state index is 0.398. The molecule has 0 amide bonds. The molecule has 2 aromatic rings. The van der Waals surface area contributed by atoms with Gasteiger partial charge < -0.3 is 4.57 Å². The number of aryl methyl sites for hydroxylation is 3. The zero-order valence-corrected chi connectivity index (χ0v) is 13.3. The van der Waals surface area contributed by atoms with Crippen LogP contribution in [0, 0.1) is 6.92 Å². The van der Waals surface area contributed by atoms with Crippen molar-refractivity contribution in [2.24, 2.45) is 0 Å². The molecule has 0 radical (unpaired) electrons. The van der Waals surface area contributed by atoms with Crippen LogP contribution < -0.4 is 0 Å². The van der Waals surface area contributed by atoms with Crippen molar-refractivity contribution in [3.8, 4) is 0 Å². The Labute approximate surface area is 123 Å². The lowest BCUT2D eigenvalue weighted by atomic mass is 10.1. The SMILES string of the molecule is Cc1cccc(CCc2nnc(CBr)n2C(C)C)c1. The van der Waals surface area contributed by atoms with Crippen molar-refractivity contribution < 1.29 is 0 Å². The molecular formula is C15H20BrN3. The first-order valence-corrected chi connectivity index (χ1v) is 7.78. The fraction of sp³-hybridized carbons (Fsp3) is 0.467. The van der Waals surface area contributed by atoms with Crippen molar-refractivity contribution in [1.82, 2.24) is 14.8 Å². The second-order valence-electron chi connectivity index (χ2n) is 5.12. The van der Waals surface area contributed by atoms with Gasteiger partial charge in [0, 0.05) is 12.5 Å². The van der Waals surface area contributed by atoms with E-state index < -0.39 is 0 Å². The molecule has 0 spiro atoms. The molecule has 4 heteroatoms. The molecule has 2 rings (SSSR count). The summed E-state index contributed by atoms with van der Waals surface area (Å²) < 4.78 is 2.23. The fourth-order valence-electron chi connectivity index (χ4n) is 2.34. The topological polar surface area (TPSA) is 30.7 Å². The number of alkyl halides is 1. The van der Waals surface area contributed by atoms with Gasteiger partial charge in [0.25, 0.3) is 0 Å². The minimum Gasteiger partial charge on any atom is -0.312 e. The second kappa shape index (κ2) is 6.33. The normalized spacial score (nSPS) is 11.2. The molecule has 102 valence electrons. The maximum atomic E-state index is 4.33. The molecule has 0 fully saturated rings. The molecule has 19 heavy (non-hydrogen) atoms. The van der Waals surface area contributed by atoms with E-state index in [2.05, 4.69) is 75.7 Å². The van der Waals surface area contributed by atoms with Crippen molar-refractivity contribution in [2.45, 2.75) is 45.0 Å². The summed E-state index contributed by atoms with van der Waals surface area (Å²) in [6.07, 6.45) is 1.94. The van der Waals surface area contributed by atoms with E-state index in [9.17, 15) is 0 Å². The molecule has 0 aliphatic carbocycles. The maximum Gasteiger partial charge on any atom is 0.143 e. The highest BCUT2D eigenvalue weighted by Crippen LogP contribution is 2.16. The van der Waals surface area contributed by atoms with E-state index in [1.807, 2.05) is 0 Å². The standard InChI is InChI=1S/C15H20BrN3/c1-11(2)19-14(17-18-15(19)10-16)8-7-13-6-4-5-12(3)9-13/h4-6,9,11H,7-8,10H2,1-3H3. The molecule has 1 aromatic carbocycles. The summed E-state index contributed by atoms with van der Waals surface area (Å²) in [4.78, 5) is 0. The summed E-state index contributed by atoms with van der Waals surface area (Å²) >= 11 is 3.47. The average molecular weight is 322 g/mol. The van der Waals surface area contributed by atoms with Gasteiger partial charge in [0.2, 0.25) is 0 Å². The van der Waals surface area contributed by atoms with Crippen molar-refractivity contribution in [2.75, 3.05) is 0 Å². The number of hydrogen-bond donors (Lipinski definition) is 0. The average Bonchev–Trinajstić information content (AvgIpc) is 2.79. The van der Waals surface area contributed by atoms with Gasteiger partial charge in [-0.25, -0.2) is 0 Å². The first-order valence-electron chi connectivity index (χ1n) is 6.66. The number of aromatic nitrogens is 3. The van der Waals surface area contributed by atoms with Crippen LogP contribution in [-0.4, -0.2) is 14.8 Å². The molecule has 0 N–H and O–H groups in total. The summed E-state index contributed by atoms with van der Waals surface area (Å²) in [7, 11) is 0. The predicted octanol–water partition coefficient (Wildman–Crippen LogP) is 3.85. The zero-order chi connectivity index (χ0) is 13.8. The van der Waals surface area contributed by atoms with Crippen LogP contribution >= 0.6 is 15.9 Å². The highest BCUT2D eigenvalue weighted by Gasteiger charge is 2.13. The zero-order valence-electron chi connectivity index (χ0n) is 11.7. The Morgan fingerprint density at radius 1 is 1.16 bits per heavy atom. The number of benzene rings is 1. The van der Waals surface area contributed by atoms with Gasteiger partial charge in [-0.2, -0.15) is 0 Å². The highest BCUT2D eigenvalue weighted by molar-refractivity contribution is 9.08. The first-order chi connectivity index (χ1) is 9.11. The molecule has 0 saturated heterocycles. The molecule has 3 nitrogen and oxygen atoms in total. The minimum absolute atomic E-state index is 0.398. The van der Waals surface area contributed by atoms with E-state index in [0.717, 1.165) is 29.8 Å². The smallest absolute Gasteiger partial charge is 0.143 e. The van der Waals surface area contributed by atoms with Gasteiger partial charge in [-0.05, 0) is 32.8 Å². The van der Waals surface area contributed by atoms with Crippen LogP contribution in [0.4, 0.5) is 0 Å². The summed E-state index contributed by atoms with van der Waals surface area (Å²) in [6, 6.07) is 9.05. The summed E-state index contributed by atoms with van der Waals surface area (Å²) in [5.74, 6) is 2.08. The van der Waals surface area contributed by atoms with Crippen LogP contribution in [0.2, 0.25) is 0 Å². The van der Waals surface area contributed by atoms with Crippen LogP contribution in [0.25, 0.3) is 0 Å². The summed E-state index contributed by atoms with van der Waals surface area (Å²) in [5.41, 5.74) is 2.67. The van der Waals surface area contributed by atoms with Crippen LogP contribution in [0.3, 0.4) is 0 Å². The number of nitrogens with zero attached hydrogens (tertiary/aromatic N) is 3. The maximum absolute atomic E-state index is 4.33. The molecule has 0 atom stereocenters. The number of hydrogen-bond acceptors (Lipinski definition) is 2. The Balaban J connectivity index is 2.13. The lowest BCUT2D eigenvalue weighted by Crippen LogP contribution is -2.10. The molecule has 0 bridgehead atoms. The fourth-order valence-corrected chi connectivity index (χ4v) is 2.72. The lowest BCUT2D eigenvalue weighted by molar-refractivity contribution is 0.551. The van der Waals surface area contributed by atoms with Gasteiger partial charge in [-0.1, -0.05) is 45.8 Å². The van der Waals surface area contributed by atoms with Crippen molar-refractivity contribution >= 4 is 15.9 Å². The van der Waals surface area contributed by atoms with Gasteiger partial charge >= 0.3 is 0 Å². The Kier molecular flexibility index (Phi) is 4.75. The number of rotatable bonds is 5. The van der Waals surface area contributed by atoms with E-state index in [1.54, 1.807) is 0 Å². The second-order valence-corrected chi connectivity index (χ2v) is 5.68. The Hall–Kier alpha value is -1.16. The van der Waals surface area contributed by atoms with Crippen LogP contribution in [-0.2, 0) is 18.2 Å². The third kappa shape index (κ3) is 3.44. The molecule has 0 saturated carbocycles. The third-order valence-corrected chi connectivity index (χ3v) is 3.69. The monoisotopic (exact) mass is 321 g/mol. The van der Waals surface area contributed by atoms with Gasteiger partial charge in [0.15, 0.2) is 0 Å². The largest absolute Gasteiger partial charge is 0.312 e. The number of halogens is 1. The molecule has 1 heterocycles. The van der Waals surface area contributed by atoms with Crippen molar-refractivity contribution in [1.29, 1.82) is 0 Å². The van der Waals surface area contributed by atoms with Crippen molar-refractivity contribution in [3.05, 3.63) is 47.0 Å². The summed E-state index contributed by atoms with van der Waals surface area (Å²) in [5, 5.41) is 9.33. The van der Waals surface area contributed by atoms with Crippen LogP contribution in [0.15, 0.2) is 24.3 Å². The third-order valence-electron chi connectivity index (χ3n) is 3.19. The van der Waals surface area contributed by atoms with Gasteiger partial charge in [0.05, 0.1) is 5.33 Å². The lowest BCUT2D eigenvalue weighted by Gasteiger charge is -2.13. The van der Waals surface area contributed by atoms with Crippen LogP contribution in [0.1, 0.15) is 42.7 Å². The molecular weight excluding hydrogens is 302 g/mol. The van der Waals surface area contributed by atoms with E-state index in [1.165, 1.54) is 11.1 Å². The molecule has 0 unspecified atom stereocenters. The Morgan fingerprint density at radius 3 is 2.53 bits per heavy atom. The molecule has 0 aliphatic heterocycles. The van der Waals surface area contributed by atoms with E-state index >= 15 is 0 Å². The van der Waals surface area contributed by atoms with E-state index in [-0.39, 0.29) is 0 Å².